The molecule has 76 valence electrons. The third-order valence-electron chi connectivity index (χ3n) is 2.32. The van der Waals surface area contributed by atoms with Crippen LogP contribution in [0.3, 0.4) is 0 Å². The molecule has 0 aromatic carbocycles. The molecule has 1 rings (SSSR count). The molecule has 1 heterocycles. The highest BCUT2D eigenvalue weighted by Crippen LogP contribution is 2.18. The van der Waals surface area contributed by atoms with Crippen molar-refractivity contribution in [2.24, 2.45) is 5.92 Å². The van der Waals surface area contributed by atoms with Gasteiger partial charge in [0.05, 0.1) is 6.61 Å². The molecule has 0 aromatic heterocycles. The van der Waals surface area contributed by atoms with Crippen LogP contribution in [0.1, 0.15) is 32.6 Å². The van der Waals surface area contributed by atoms with Gasteiger partial charge in [-0.3, -0.25) is 4.79 Å². The number of esters is 1. The van der Waals surface area contributed by atoms with Gasteiger partial charge >= 0.3 is 5.97 Å². The first-order chi connectivity index (χ1) is 6.33. The summed E-state index contributed by atoms with van der Waals surface area (Å²) in [7, 11) is 0. The van der Waals surface area contributed by atoms with Gasteiger partial charge in [-0.1, -0.05) is 0 Å². The minimum Gasteiger partial charge on any atom is -0.466 e. The van der Waals surface area contributed by atoms with Crippen molar-refractivity contribution in [3.05, 3.63) is 0 Å². The molecule has 0 N–H and O–H groups in total. The fourth-order valence-corrected chi connectivity index (χ4v) is 1.59. The number of ether oxygens (including phenoxy) is 2. The van der Waals surface area contributed by atoms with Crippen molar-refractivity contribution in [2.45, 2.75) is 32.6 Å². The van der Waals surface area contributed by atoms with Crippen molar-refractivity contribution in [3.63, 3.8) is 0 Å². The smallest absolute Gasteiger partial charge is 0.305 e. The van der Waals surface area contributed by atoms with E-state index in [1.54, 1.807) is 0 Å². The maximum absolute atomic E-state index is 11.0. The van der Waals surface area contributed by atoms with Crippen molar-refractivity contribution in [3.8, 4) is 0 Å². The molecule has 0 radical (unpaired) electrons. The van der Waals surface area contributed by atoms with Gasteiger partial charge < -0.3 is 9.47 Å². The molecule has 0 amide bonds. The maximum Gasteiger partial charge on any atom is 0.305 e. The summed E-state index contributed by atoms with van der Waals surface area (Å²) in [6.07, 6.45) is 3.79. The Morgan fingerprint density at radius 2 is 2.46 bits per heavy atom. The van der Waals surface area contributed by atoms with Gasteiger partial charge in [0, 0.05) is 19.6 Å². The predicted octanol–water partition coefficient (Wildman–Crippen LogP) is 1.76. The molecule has 0 aromatic rings. The molecule has 0 aliphatic carbocycles. The second-order valence-electron chi connectivity index (χ2n) is 3.43. The molecule has 1 saturated heterocycles. The summed E-state index contributed by atoms with van der Waals surface area (Å²) in [5, 5.41) is 0. The summed E-state index contributed by atoms with van der Waals surface area (Å²) in [5.74, 6) is 0.492. The van der Waals surface area contributed by atoms with E-state index in [1.807, 2.05) is 6.92 Å². The van der Waals surface area contributed by atoms with E-state index >= 15 is 0 Å². The van der Waals surface area contributed by atoms with Gasteiger partial charge in [0.1, 0.15) is 0 Å². The average Bonchev–Trinajstić information content (AvgIpc) is 2.17. The number of carbonyl (C=O) groups is 1. The second-order valence-corrected chi connectivity index (χ2v) is 3.43. The maximum atomic E-state index is 11.0. The van der Waals surface area contributed by atoms with Gasteiger partial charge in [0.25, 0.3) is 0 Å². The van der Waals surface area contributed by atoms with Crippen LogP contribution < -0.4 is 0 Å². The van der Waals surface area contributed by atoms with Crippen LogP contribution in [0.25, 0.3) is 0 Å². The number of carbonyl (C=O) groups excluding carboxylic acids is 1. The van der Waals surface area contributed by atoms with Crippen LogP contribution in [-0.4, -0.2) is 25.8 Å². The minimum absolute atomic E-state index is 0.0759. The van der Waals surface area contributed by atoms with Gasteiger partial charge in [0.2, 0.25) is 0 Å². The topological polar surface area (TPSA) is 35.5 Å². The Bertz CT molecular complexity index is 150. The van der Waals surface area contributed by atoms with E-state index in [-0.39, 0.29) is 5.97 Å². The zero-order valence-electron chi connectivity index (χ0n) is 8.25. The van der Waals surface area contributed by atoms with Crippen LogP contribution in [0, 0.1) is 5.92 Å². The van der Waals surface area contributed by atoms with Gasteiger partial charge in [-0.2, -0.15) is 0 Å². The first kappa shape index (κ1) is 10.5. The summed E-state index contributed by atoms with van der Waals surface area (Å²) in [5.41, 5.74) is 0. The van der Waals surface area contributed by atoms with E-state index in [0.29, 0.717) is 18.9 Å². The second kappa shape index (κ2) is 5.97. The molecule has 0 bridgehead atoms. The van der Waals surface area contributed by atoms with Crippen molar-refractivity contribution < 1.29 is 14.3 Å². The van der Waals surface area contributed by atoms with Crippen LogP contribution in [-0.2, 0) is 14.3 Å². The summed E-state index contributed by atoms with van der Waals surface area (Å²) in [6, 6.07) is 0. The Balaban J connectivity index is 2.06. The van der Waals surface area contributed by atoms with E-state index in [1.165, 1.54) is 6.42 Å². The van der Waals surface area contributed by atoms with Gasteiger partial charge in [-0.25, -0.2) is 0 Å². The predicted molar refractivity (Wildman–Crippen MR) is 49.4 cm³/mol. The fourth-order valence-electron chi connectivity index (χ4n) is 1.59. The standard InChI is InChI=1S/C10H18O3/c1-2-13-10(11)6-5-9-4-3-7-12-8-9/h9H,2-8H2,1H3/t9-/m0/s1. The molecule has 1 atom stereocenters. The summed E-state index contributed by atoms with van der Waals surface area (Å²) >= 11 is 0. The molecule has 0 unspecified atom stereocenters. The molecule has 0 spiro atoms. The highest BCUT2D eigenvalue weighted by atomic mass is 16.5. The van der Waals surface area contributed by atoms with Crippen LogP contribution in [0.15, 0.2) is 0 Å². The largest absolute Gasteiger partial charge is 0.466 e. The lowest BCUT2D eigenvalue weighted by molar-refractivity contribution is -0.143. The van der Waals surface area contributed by atoms with E-state index in [2.05, 4.69) is 0 Å². The summed E-state index contributed by atoms with van der Waals surface area (Å²) in [6.45, 7) is 4.02. The number of hydrogen-bond donors (Lipinski definition) is 0. The Labute approximate surface area is 79.4 Å². The Morgan fingerprint density at radius 1 is 1.62 bits per heavy atom. The van der Waals surface area contributed by atoms with E-state index in [9.17, 15) is 4.79 Å². The van der Waals surface area contributed by atoms with Gasteiger partial charge in [-0.15, -0.1) is 0 Å². The normalized spacial score (nSPS) is 22.7. The van der Waals surface area contributed by atoms with Crippen molar-refractivity contribution in [2.75, 3.05) is 19.8 Å². The molecule has 3 heteroatoms. The first-order valence-electron chi connectivity index (χ1n) is 5.06. The van der Waals surface area contributed by atoms with Crippen molar-refractivity contribution >= 4 is 5.97 Å². The number of hydrogen-bond acceptors (Lipinski definition) is 3. The van der Waals surface area contributed by atoms with Crippen molar-refractivity contribution in [1.29, 1.82) is 0 Å². The minimum atomic E-state index is -0.0759. The molecule has 0 saturated carbocycles. The number of rotatable bonds is 4. The average molecular weight is 186 g/mol. The summed E-state index contributed by atoms with van der Waals surface area (Å²) < 4.78 is 10.2. The van der Waals surface area contributed by atoms with Crippen LogP contribution in [0.4, 0.5) is 0 Å². The molecule has 1 aliphatic heterocycles. The Morgan fingerprint density at radius 3 is 3.08 bits per heavy atom. The van der Waals surface area contributed by atoms with Crippen LogP contribution >= 0.6 is 0 Å². The first-order valence-corrected chi connectivity index (χ1v) is 5.06. The van der Waals surface area contributed by atoms with Crippen molar-refractivity contribution in [1.82, 2.24) is 0 Å². The van der Waals surface area contributed by atoms with E-state index in [4.69, 9.17) is 9.47 Å². The third-order valence-corrected chi connectivity index (χ3v) is 2.32. The Hall–Kier alpha value is -0.570. The third kappa shape index (κ3) is 4.27. The van der Waals surface area contributed by atoms with Gasteiger partial charge in [-0.05, 0) is 32.1 Å². The van der Waals surface area contributed by atoms with Crippen LogP contribution in [0.2, 0.25) is 0 Å². The lowest BCUT2D eigenvalue weighted by atomic mass is 9.97. The zero-order valence-corrected chi connectivity index (χ0v) is 8.25. The molecule has 1 aliphatic rings. The highest BCUT2D eigenvalue weighted by molar-refractivity contribution is 5.69. The molecule has 1 fully saturated rings. The highest BCUT2D eigenvalue weighted by Gasteiger charge is 2.15. The quantitative estimate of drug-likeness (QED) is 0.627. The lowest BCUT2D eigenvalue weighted by Gasteiger charge is -2.21. The Kier molecular flexibility index (Phi) is 4.83. The molecular weight excluding hydrogens is 168 g/mol. The van der Waals surface area contributed by atoms with E-state index < -0.39 is 0 Å². The van der Waals surface area contributed by atoms with Gasteiger partial charge in [0.15, 0.2) is 0 Å². The summed E-state index contributed by atoms with van der Waals surface area (Å²) in [4.78, 5) is 11.0. The fraction of sp³-hybridized carbons (Fsp3) is 0.900. The lowest BCUT2D eigenvalue weighted by Crippen LogP contribution is -2.18. The zero-order chi connectivity index (χ0) is 9.52. The molecular formula is C10H18O3. The SMILES string of the molecule is CCOC(=O)CC[C@@H]1CCCOC1. The van der Waals surface area contributed by atoms with E-state index in [0.717, 1.165) is 26.1 Å². The van der Waals surface area contributed by atoms with Crippen LogP contribution in [0.5, 0.6) is 0 Å². The monoisotopic (exact) mass is 186 g/mol. The molecule has 13 heavy (non-hydrogen) atoms. The molecule has 3 nitrogen and oxygen atoms in total.